The lowest BCUT2D eigenvalue weighted by Crippen LogP contribution is -2.54. The molecule has 2 rings (SSSR count). The second-order valence-corrected chi connectivity index (χ2v) is 5.05. The van der Waals surface area contributed by atoms with Gasteiger partial charge in [-0.3, -0.25) is 9.59 Å². The van der Waals surface area contributed by atoms with Gasteiger partial charge in [0.25, 0.3) is 0 Å². The standard InChI is InChI=1S/C14H16F2N2O3/c1-8(19)17-12(5-13(21)18-6-9(20)7-18)14-10(15)3-2-4-11(14)16/h2-4,9,12,20H,5-7H2,1H3,(H,17,19). The lowest BCUT2D eigenvalue weighted by atomic mass is 10.00. The minimum atomic E-state index is -1.08. The summed E-state index contributed by atoms with van der Waals surface area (Å²) in [5.41, 5.74) is -0.331. The maximum atomic E-state index is 13.8. The highest BCUT2D eigenvalue weighted by Crippen LogP contribution is 2.25. The molecule has 1 aliphatic rings. The summed E-state index contributed by atoms with van der Waals surface area (Å²) in [5.74, 6) is -2.49. The lowest BCUT2D eigenvalue weighted by Gasteiger charge is -2.36. The molecule has 1 aromatic rings. The van der Waals surface area contributed by atoms with Crippen molar-refractivity contribution in [2.24, 2.45) is 0 Å². The van der Waals surface area contributed by atoms with Crippen molar-refractivity contribution >= 4 is 11.8 Å². The number of β-amino-alcohol motifs (C(OH)–C–C–N with tert-alkyl or cyclic N) is 1. The minimum Gasteiger partial charge on any atom is -0.389 e. The average molecular weight is 298 g/mol. The van der Waals surface area contributed by atoms with E-state index < -0.39 is 29.7 Å². The molecule has 1 fully saturated rings. The van der Waals surface area contributed by atoms with Crippen molar-refractivity contribution in [3.8, 4) is 0 Å². The van der Waals surface area contributed by atoms with E-state index in [1.54, 1.807) is 0 Å². The van der Waals surface area contributed by atoms with Crippen LogP contribution in [0.1, 0.15) is 24.9 Å². The molecule has 5 nitrogen and oxygen atoms in total. The van der Waals surface area contributed by atoms with Gasteiger partial charge in [-0.15, -0.1) is 0 Å². The van der Waals surface area contributed by atoms with E-state index >= 15 is 0 Å². The number of hydrogen-bond acceptors (Lipinski definition) is 3. The molecule has 2 N–H and O–H groups in total. The third kappa shape index (κ3) is 3.55. The van der Waals surface area contributed by atoms with Gasteiger partial charge in [0.05, 0.1) is 18.6 Å². The van der Waals surface area contributed by atoms with Crippen LogP contribution >= 0.6 is 0 Å². The number of carbonyl (C=O) groups excluding carboxylic acids is 2. The molecule has 1 aromatic carbocycles. The fraction of sp³-hybridized carbons (Fsp3) is 0.429. The molecular formula is C14H16F2N2O3. The van der Waals surface area contributed by atoms with Gasteiger partial charge in [0.1, 0.15) is 11.6 Å². The van der Waals surface area contributed by atoms with Crippen LogP contribution in [-0.4, -0.2) is 41.0 Å². The molecule has 1 aliphatic heterocycles. The van der Waals surface area contributed by atoms with Crippen LogP contribution in [0.5, 0.6) is 0 Å². The van der Waals surface area contributed by atoms with Crippen LogP contribution in [0.3, 0.4) is 0 Å². The summed E-state index contributed by atoms with van der Waals surface area (Å²) in [6, 6.07) is 2.29. The molecule has 0 radical (unpaired) electrons. The molecule has 1 atom stereocenters. The minimum absolute atomic E-state index is 0.200. The molecule has 0 aromatic heterocycles. The highest BCUT2D eigenvalue weighted by Gasteiger charge is 2.32. The lowest BCUT2D eigenvalue weighted by molar-refractivity contribution is -0.142. The van der Waals surface area contributed by atoms with Crippen molar-refractivity contribution < 1.29 is 23.5 Å². The van der Waals surface area contributed by atoms with Crippen LogP contribution in [0.15, 0.2) is 18.2 Å². The molecule has 1 heterocycles. The van der Waals surface area contributed by atoms with E-state index in [2.05, 4.69) is 5.32 Å². The number of rotatable bonds is 4. The summed E-state index contributed by atoms with van der Waals surface area (Å²) >= 11 is 0. The van der Waals surface area contributed by atoms with Gasteiger partial charge >= 0.3 is 0 Å². The van der Waals surface area contributed by atoms with Crippen LogP contribution in [0, 0.1) is 11.6 Å². The van der Waals surface area contributed by atoms with Gasteiger partial charge in [0.2, 0.25) is 11.8 Å². The van der Waals surface area contributed by atoms with Crippen LogP contribution in [-0.2, 0) is 9.59 Å². The van der Waals surface area contributed by atoms with Crippen LogP contribution in [0.2, 0.25) is 0 Å². The number of aliphatic hydroxyl groups excluding tert-OH is 1. The van der Waals surface area contributed by atoms with Gasteiger partial charge in [-0.05, 0) is 12.1 Å². The van der Waals surface area contributed by atoms with Crippen LogP contribution in [0.25, 0.3) is 0 Å². The van der Waals surface area contributed by atoms with Crippen molar-refractivity contribution in [3.05, 3.63) is 35.4 Å². The Bertz CT molecular complexity index is 539. The molecule has 1 saturated heterocycles. The molecule has 0 saturated carbocycles. The van der Waals surface area contributed by atoms with E-state index in [9.17, 15) is 18.4 Å². The summed E-state index contributed by atoms with van der Waals surface area (Å²) < 4.78 is 27.6. The quantitative estimate of drug-likeness (QED) is 0.861. The summed E-state index contributed by atoms with van der Waals surface area (Å²) in [4.78, 5) is 24.6. The predicted molar refractivity (Wildman–Crippen MR) is 70.1 cm³/mol. The summed E-state index contributed by atoms with van der Waals surface area (Å²) in [5, 5.41) is 11.6. The van der Waals surface area contributed by atoms with Gasteiger partial charge in [0.15, 0.2) is 0 Å². The third-order valence-electron chi connectivity index (χ3n) is 3.32. The van der Waals surface area contributed by atoms with Gasteiger partial charge in [-0.2, -0.15) is 0 Å². The van der Waals surface area contributed by atoms with Crippen molar-refractivity contribution in [3.63, 3.8) is 0 Å². The van der Waals surface area contributed by atoms with Gasteiger partial charge < -0.3 is 15.3 Å². The predicted octanol–water partition coefficient (Wildman–Crippen LogP) is 0.735. The highest BCUT2D eigenvalue weighted by atomic mass is 19.1. The SMILES string of the molecule is CC(=O)NC(CC(=O)N1CC(O)C1)c1c(F)cccc1F. The van der Waals surface area contributed by atoms with Crippen LogP contribution in [0.4, 0.5) is 8.78 Å². The second-order valence-electron chi connectivity index (χ2n) is 5.05. The topological polar surface area (TPSA) is 69.6 Å². The third-order valence-corrected chi connectivity index (χ3v) is 3.32. The number of nitrogens with one attached hydrogen (secondary N) is 1. The smallest absolute Gasteiger partial charge is 0.225 e. The van der Waals surface area contributed by atoms with E-state index in [1.807, 2.05) is 0 Å². The maximum absolute atomic E-state index is 13.8. The number of nitrogens with zero attached hydrogens (tertiary/aromatic N) is 1. The first-order chi connectivity index (χ1) is 9.88. The number of likely N-dealkylation sites (tertiary alicyclic amines) is 1. The largest absolute Gasteiger partial charge is 0.389 e. The Balaban J connectivity index is 2.18. The first-order valence-electron chi connectivity index (χ1n) is 6.55. The molecule has 0 aliphatic carbocycles. The fourth-order valence-electron chi connectivity index (χ4n) is 2.28. The molecule has 21 heavy (non-hydrogen) atoms. The van der Waals surface area contributed by atoms with E-state index in [0.717, 1.165) is 12.1 Å². The molecule has 0 spiro atoms. The zero-order valence-electron chi connectivity index (χ0n) is 11.5. The average Bonchev–Trinajstić information content (AvgIpc) is 2.33. The van der Waals surface area contributed by atoms with Crippen molar-refractivity contribution in [2.45, 2.75) is 25.5 Å². The van der Waals surface area contributed by atoms with E-state index in [0.29, 0.717) is 0 Å². The van der Waals surface area contributed by atoms with Gasteiger partial charge in [-0.1, -0.05) is 6.07 Å². The molecule has 7 heteroatoms. The normalized spacial score (nSPS) is 16.3. The zero-order valence-corrected chi connectivity index (χ0v) is 11.5. The Kier molecular flexibility index (Phi) is 4.52. The van der Waals surface area contributed by atoms with Gasteiger partial charge in [-0.25, -0.2) is 8.78 Å². The monoisotopic (exact) mass is 298 g/mol. The molecule has 2 amide bonds. The van der Waals surface area contributed by atoms with E-state index in [-0.39, 0.29) is 31.0 Å². The molecule has 0 bridgehead atoms. The van der Waals surface area contributed by atoms with Crippen molar-refractivity contribution in [1.82, 2.24) is 10.2 Å². The Morgan fingerprint density at radius 3 is 2.43 bits per heavy atom. The molecule has 114 valence electrons. The highest BCUT2D eigenvalue weighted by molar-refractivity contribution is 5.80. The Labute approximate surface area is 120 Å². The Morgan fingerprint density at radius 2 is 1.95 bits per heavy atom. The first kappa shape index (κ1) is 15.4. The van der Waals surface area contributed by atoms with E-state index in [1.165, 1.54) is 17.9 Å². The fourth-order valence-corrected chi connectivity index (χ4v) is 2.28. The number of halogens is 2. The molecule has 1 unspecified atom stereocenters. The number of amides is 2. The molecular weight excluding hydrogens is 282 g/mol. The summed E-state index contributed by atoms with van der Waals surface area (Å²) in [6.45, 7) is 1.61. The zero-order chi connectivity index (χ0) is 15.6. The second kappa shape index (κ2) is 6.17. The number of benzene rings is 1. The summed E-state index contributed by atoms with van der Waals surface area (Å²) in [7, 11) is 0. The summed E-state index contributed by atoms with van der Waals surface area (Å²) in [6.07, 6.45) is -0.817. The van der Waals surface area contributed by atoms with Crippen molar-refractivity contribution in [2.75, 3.05) is 13.1 Å². The Morgan fingerprint density at radius 1 is 1.38 bits per heavy atom. The number of hydrogen-bond donors (Lipinski definition) is 2. The maximum Gasteiger partial charge on any atom is 0.225 e. The van der Waals surface area contributed by atoms with Crippen molar-refractivity contribution in [1.29, 1.82) is 0 Å². The van der Waals surface area contributed by atoms with Crippen LogP contribution < -0.4 is 5.32 Å². The Hall–Kier alpha value is -2.02. The van der Waals surface area contributed by atoms with E-state index in [4.69, 9.17) is 5.11 Å². The number of aliphatic hydroxyl groups is 1. The number of carbonyl (C=O) groups is 2. The first-order valence-corrected chi connectivity index (χ1v) is 6.55. The van der Waals surface area contributed by atoms with Gasteiger partial charge in [0, 0.05) is 25.6 Å².